The maximum Gasteiger partial charge on any atom is 0.329 e. The molecule has 0 radical (unpaired) electrons. The molecule has 1 rings (SSSR count). The lowest BCUT2D eigenvalue weighted by atomic mass is 9.93. The van der Waals surface area contributed by atoms with Gasteiger partial charge in [0.1, 0.15) is 5.54 Å². The molecular formula is C14H20N2O3. The molecule has 0 unspecified atom stereocenters. The lowest BCUT2D eigenvalue weighted by molar-refractivity contribution is -0.144. The molecule has 0 aromatic heterocycles. The number of amides is 2. The summed E-state index contributed by atoms with van der Waals surface area (Å²) < 4.78 is 0. The van der Waals surface area contributed by atoms with Crippen molar-refractivity contribution in [2.45, 2.75) is 38.8 Å². The summed E-state index contributed by atoms with van der Waals surface area (Å²) in [7, 11) is 0. The SMILES string of the molecule is CCC(CC)(NC(=O)NCc1ccccc1)C(=O)O. The summed E-state index contributed by atoms with van der Waals surface area (Å²) in [6.45, 7) is 3.86. The fourth-order valence-electron chi connectivity index (χ4n) is 1.82. The van der Waals surface area contributed by atoms with Crippen LogP contribution in [0.15, 0.2) is 30.3 Å². The molecule has 0 aliphatic rings. The number of nitrogens with one attached hydrogen (secondary N) is 2. The summed E-state index contributed by atoms with van der Waals surface area (Å²) in [6.07, 6.45) is 0.690. The molecule has 0 spiro atoms. The van der Waals surface area contributed by atoms with Gasteiger partial charge in [0.15, 0.2) is 0 Å². The molecule has 3 N–H and O–H groups in total. The average Bonchev–Trinajstić information content (AvgIpc) is 2.43. The molecule has 0 aliphatic carbocycles. The Labute approximate surface area is 113 Å². The van der Waals surface area contributed by atoms with E-state index in [1.165, 1.54) is 0 Å². The van der Waals surface area contributed by atoms with Gasteiger partial charge in [-0.25, -0.2) is 9.59 Å². The van der Waals surface area contributed by atoms with Gasteiger partial charge in [-0.15, -0.1) is 0 Å². The molecule has 0 atom stereocenters. The molecule has 0 heterocycles. The second-order valence-corrected chi connectivity index (χ2v) is 4.39. The predicted molar refractivity (Wildman–Crippen MR) is 72.8 cm³/mol. The van der Waals surface area contributed by atoms with Crippen molar-refractivity contribution in [2.24, 2.45) is 0 Å². The Morgan fingerprint density at radius 3 is 2.21 bits per heavy atom. The number of urea groups is 1. The number of hydrogen-bond acceptors (Lipinski definition) is 2. The highest BCUT2D eigenvalue weighted by atomic mass is 16.4. The zero-order chi connectivity index (χ0) is 14.3. The summed E-state index contributed by atoms with van der Waals surface area (Å²) in [5, 5.41) is 14.4. The van der Waals surface area contributed by atoms with Gasteiger partial charge in [0.25, 0.3) is 0 Å². The Kier molecular flexibility index (Phi) is 5.36. The van der Waals surface area contributed by atoms with E-state index in [2.05, 4.69) is 10.6 Å². The lowest BCUT2D eigenvalue weighted by Crippen LogP contribution is -2.56. The van der Waals surface area contributed by atoms with Crippen molar-refractivity contribution in [1.82, 2.24) is 10.6 Å². The molecular weight excluding hydrogens is 244 g/mol. The van der Waals surface area contributed by atoms with Crippen LogP contribution in [0.1, 0.15) is 32.3 Å². The monoisotopic (exact) mass is 264 g/mol. The summed E-state index contributed by atoms with van der Waals surface area (Å²) in [6, 6.07) is 8.99. The Balaban J connectivity index is 2.57. The van der Waals surface area contributed by atoms with Crippen molar-refractivity contribution in [3.8, 4) is 0 Å². The van der Waals surface area contributed by atoms with Crippen LogP contribution in [0.5, 0.6) is 0 Å². The van der Waals surface area contributed by atoms with Gasteiger partial charge >= 0.3 is 12.0 Å². The van der Waals surface area contributed by atoms with Crippen LogP contribution >= 0.6 is 0 Å². The number of hydrogen-bond donors (Lipinski definition) is 3. The summed E-state index contributed by atoms with van der Waals surface area (Å²) in [5.41, 5.74) is -0.229. The van der Waals surface area contributed by atoms with Gasteiger partial charge in [-0.3, -0.25) is 0 Å². The zero-order valence-corrected chi connectivity index (χ0v) is 11.3. The van der Waals surface area contributed by atoms with E-state index in [9.17, 15) is 14.7 Å². The maximum atomic E-state index is 11.8. The molecule has 0 saturated carbocycles. The third-order valence-corrected chi connectivity index (χ3v) is 3.27. The molecule has 1 aromatic carbocycles. The normalized spacial score (nSPS) is 10.8. The van der Waals surface area contributed by atoms with Crippen molar-refractivity contribution in [3.05, 3.63) is 35.9 Å². The molecule has 5 heteroatoms. The first-order valence-electron chi connectivity index (χ1n) is 6.37. The minimum atomic E-state index is -1.19. The number of carboxylic acid groups (broad SMARTS) is 1. The van der Waals surface area contributed by atoms with E-state index in [4.69, 9.17) is 0 Å². The van der Waals surface area contributed by atoms with Gasteiger partial charge in [-0.1, -0.05) is 44.2 Å². The molecule has 19 heavy (non-hydrogen) atoms. The Morgan fingerprint density at radius 2 is 1.74 bits per heavy atom. The molecule has 0 saturated heterocycles. The molecule has 0 aliphatic heterocycles. The first-order valence-corrected chi connectivity index (χ1v) is 6.37. The highest BCUT2D eigenvalue weighted by Gasteiger charge is 2.36. The first kappa shape index (κ1) is 15.0. The minimum Gasteiger partial charge on any atom is -0.480 e. The number of aliphatic carboxylic acids is 1. The molecule has 0 fully saturated rings. The third kappa shape index (κ3) is 3.98. The van der Waals surface area contributed by atoms with Crippen LogP contribution in [0.2, 0.25) is 0 Å². The van der Waals surface area contributed by atoms with Gasteiger partial charge < -0.3 is 15.7 Å². The van der Waals surface area contributed by atoms with Gasteiger partial charge in [0, 0.05) is 6.54 Å². The smallest absolute Gasteiger partial charge is 0.329 e. The lowest BCUT2D eigenvalue weighted by Gasteiger charge is -2.28. The molecule has 0 bridgehead atoms. The Hall–Kier alpha value is -2.04. The first-order chi connectivity index (χ1) is 9.04. The third-order valence-electron chi connectivity index (χ3n) is 3.27. The fraction of sp³-hybridized carbons (Fsp3) is 0.429. The summed E-state index contributed by atoms with van der Waals surface area (Å²) in [5.74, 6) is -1.01. The standard InChI is InChI=1S/C14H20N2O3/c1-3-14(4-2,12(17)18)16-13(19)15-10-11-8-6-5-7-9-11/h5-9H,3-4,10H2,1-2H3,(H,17,18)(H2,15,16,19). The molecule has 5 nitrogen and oxygen atoms in total. The topological polar surface area (TPSA) is 78.4 Å². The molecule has 2 amide bonds. The van der Waals surface area contributed by atoms with E-state index >= 15 is 0 Å². The molecule has 104 valence electrons. The van der Waals surface area contributed by atoms with Crippen molar-refractivity contribution in [2.75, 3.05) is 0 Å². The maximum absolute atomic E-state index is 11.8. The van der Waals surface area contributed by atoms with Crippen molar-refractivity contribution in [1.29, 1.82) is 0 Å². The van der Waals surface area contributed by atoms with Gasteiger partial charge in [-0.05, 0) is 18.4 Å². The highest BCUT2D eigenvalue weighted by Crippen LogP contribution is 2.15. The van der Waals surface area contributed by atoms with Crippen LogP contribution in [0, 0.1) is 0 Å². The Bertz CT molecular complexity index is 428. The van der Waals surface area contributed by atoms with Crippen LogP contribution in [0.3, 0.4) is 0 Å². The number of benzene rings is 1. The Morgan fingerprint density at radius 1 is 1.16 bits per heavy atom. The van der Waals surface area contributed by atoms with Crippen LogP contribution in [-0.4, -0.2) is 22.6 Å². The fourth-order valence-corrected chi connectivity index (χ4v) is 1.82. The molecule has 1 aromatic rings. The van der Waals surface area contributed by atoms with E-state index in [0.29, 0.717) is 19.4 Å². The van der Waals surface area contributed by atoms with E-state index in [-0.39, 0.29) is 0 Å². The van der Waals surface area contributed by atoms with Crippen molar-refractivity contribution in [3.63, 3.8) is 0 Å². The van der Waals surface area contributed by atoms with Crippen LogP contribution in [-0.2, 0) is 11.3 Å². The van der Waals surface area contributed by atoms with E-state index in [0.717, 1.165) is 5.56 Å². The van der Waals surface area contributed by atoms with E-state index in [1.54, 1.807) is 13.8 Å². The minimum absolute atomic E-state index is 0.345. The predicted octanol–water partition coefficient (Wildman–Crippen LogP) is 2.13. The van der Waals surface area contributed by atoms with Gasteiger partial charge in [0.2, 0.25) is 0 Å². The highest BCUT2D eigenvalue weighted by molar-refractivity contribution is 5.86. The van der Waals surface area contributed by atoms with Crippen molar-refractivity contribution < 1.29 is 14.7 Å². The largest absolute Gasteiger partial charge is 0.480 e. The second-order valence-electron chi connectivity index (χ2n) is 4.39. The van der Waals surface area contributed by atoms with Crippen LogP contribution in [0.25, 0.3) is 0 Å². The van der Waals surface area contributed by atoms with Gasteiger partial charge in [-0.2, -0.15) is 0 Å². The number of carboxylic acids is 1. The summed E-state index contributed by atoms with van der Waals surface area (Å²) >= 11 is 0. The number of carbonyl (C=O) groups excluding carboxylic acids is 1. The second kappa shape index (κ2) is 6.78. The average molecular weight is 264 g/mol. The van der Waals surface area contributed by atoms with Crippen molar-refractivity contribution >= 4 is 12.0 Å². The number of rotatable bonds is 6. The zero-order valence-electron chi connectivity index (χ0n) is 11.3. The van der Waals surface area contributed by atoms with Crippen LogP contribution in [0.4, 0.5) is 4.79 Å². The van der Waals surface area contributed by atoms with Gasteiger partial charge in [0.05, 0.1) is 0 Å². The quantitative estimate of drug-likeness (QED) is 0.736. The number of carbonyl (C=O) groups is 2. The van der Waals surface area contributed by atoms with E-state index < -0.39 is 17.5 Å². The van der Waals surface area contributed by atoms with Crippen LogP contribution < -0.4 is 10.6 Å². The summed E-state index contributed by atoms with van der Waals surface area (Å²) in [4.78, 5) is 23.0. The van der Waals surface area contributed by atoms with E-state index in [1.807, 2.05) is 30.3 Å².